The third-order valence-electron chi connectivity index (χ3n) is 5.31. The maximum Gasteiger partial charge on any atom is 0.287 e. The summed E-state index contributed by atoms with van der Waals surface area (Å²) < 4.78 is 0. The molecule has 0 saturated carbocycles. The van der Waals surface area contributed by atoms with Crippen LogP contribution in [0.3, 0.4) is 0 Å². The molecule has 5 nitrogen and oxygen atoms in total. The first-order chi connectivity index (χ1) is 14.8. The van der Waals surface area contributed by atoms with Gasteiger partial charge in [-0.1, -0.05) is 60.2 Å². The van der Waals surface area contributed by atoms with Gasteiger partial charge >= 0.3 is 0 Å². The minimum Gasteiger partial charge on any atom is -0.321 e. The highest BCUT2D eigenvalue weighted by Gasteiger charge is 2.30. The molecule has 0 radical (unpaired) electrons. The number of likely N-dealkylation sites (N-methyl/N-ethyl adjacent to an activating group) is 1. The zero-order valence-corrected chi connectivity index (χ0v) is 18.5. The van der Waals surface area contributed by atoms with Crippen LogP contribution in [0.1, 0.15) is 28.3 Å². The van der Waals surface area contributed by atoms with Crippen LogP contribution in [-0.4, -0.2) is 25.4 Å². The summed E-state index contributed by atoms with van der Waals surface area (Å²) in [6.07, 6.45) is 0. The van der Waals surface area contributed by atoms with E-state index in [0.717, 1.165) is 38.5 Å². The van der Waals surface area contributed by atoms with Crippen LogP contribution in [-0.2, 0) is 9.59 Å². The highest BCUT2D eigenvalue weighted by molar-refractivity contribution is 5.95. The largest absolute Gasteiger partial charge is 0.321 e. The minimum absolute atomic E-state index is 0.129. The summed E-state index contributed by atoms with van der Waals surface area (Å²) in [6, 6.07) is 22.7. The number of anilines is 2. The van der Waals surface area contributed by atoms with Crippen molar-refractivity contribution in [3.8, 4) is 0 Å². The number of hydrogen-bond donors (Lipinski definition) is 3. The van der Waals surface area contributed by atoms with Crippen LogP contribution in [0.25, 0.3) is 0 Å². The number of carbonyl (C=O) groups is 2. The van der Waals surface area contributed by atoms with Crippen molar-refractivity contribution in [2.75, 3.05) is 24.2 Å². The number of aryl methyl sites for hydroxylation is 3. The van der Waals surface area contributed by atoms with Crippen LogP contribution < -0.4 is 15.5 Å². The van der Waals surface area contributed by atoms with Crippen LogP contribution in [0.15, 0.2) is 72.8 Å². The zero-order valence-electron chi connectivity index (χ0n) is 18.5. The molecule has 2 atom stereocenters. The quantitative estimate of drug-likeness (QED) is 0.553. The van der Waals surface area contributed by atoms with Gasteiger partial charge in [0.1, 0.15) is 0 Å². The SMILES string of the molecule is Cc1ccc(NC(=O)[C@@H](c2ccccc2)[NH+](C)CC(=O)Nc2cc(C)ccc2C)cc1. The summed E-state index contributed by atoms with van der Waals surface area (Å²) in [7, 11) is 1.87. The summed E-state index contributed by atoms with van der Waals surface area (Å²) in [6.45, 7) is 6.12. The molecule has 0 aliphatic carbocycles. The summed E-state index contributed by atoms with van der Waals surface area (Å²) in [5.74, 6) is -0.276. The van der Waals surface area contributed by atoms with Crippen molar-refractivity contribution in [1.29, 1.82) is 0 Å². The van der Waals surface area contributed by atoms with Crippen LogP contribution in [0.2, 0.25) is 0 Å². The maximum atomic E-state index is 13.2. The van der Waals surface area contributed by atoms with Gasteiger partial charge in [0.05, 0.1) is 7.05 Å². The fraction of sp³-hybridized carbons (Fsp3) is 0.231. The smallest absolute Gasteiger partial charge is 0.287 e. The van der Waals surface area contributed by atoms with Crippen molar-refractivity contribution in [2.24, 2.45) is 0 Å². The summed E-state index contributed by atoms with van der Waals surface area (Å²) in [5, 5.41) is 5.99. The van der Waals surface area contributed by atoms with Gasteiger partial charge in [-0.25, -0.2) is 0 Å². The van der Waals surface area contributed by atoms with Gasteiger partial charge < -0.3 is 15.5 Å². The van der Waals surface area contributed by atoms with Gasteiger partial charge in [-0.3, -0.25) is 9.59 Å². The molecule has 0 aliphatic rings. The first-order valence-corrected chi connectivity index (χ1v) is 10.5. The molecule has 31 heavy (non-hydrogen) atoms. The Bertz CT molecular complexity index is 1050. The van der Waals surface area contributed by atoms with Crippen molar-refractivity contribution in [3.63, 3.8) is 0 Å². The average Bonchev–Trinajstić information content (AvgIpc) is 2.73. The molecule has 3 N–H and O–H groups in total. The molecule has 3 rings (SSSR count). The lowest BCUT2D eigenvalue weighted by Gasteiger charge is -2.24. The van der Waals surface area contributed by atoms with Crippen molar-refractivity contribution in [1.82, 2.24) is 0 Å². The second-order valence-corrected chi connectivity index (χ2v) is 8.09. The number of hydrogen-bond acceptors (Lipinski definition) is 2. The highest BCUT2D eigenvalue weighted by Crippen LogP contribution is 2.17. The predicted octanol–water partition coefficient (Wildman–Crippen LogP) is 3.45. The molecule has 2 amide bonds. The number of nitrogens with one attached hydrogen (secondary N) is 3. The van der Waals surface area contributed by atoms with Crippen molar-refractivity contribution in [3.05, 3.63) is 95.1 Å². The first-order valence-electron chi connectivity index (χ1n) is 10.5. The van der Waals surface area contributed by atoms with Crippen molar-refractivity contribution < 1.29 is 14.5 Å². The van der Waals surface area contributed by atoms with E-state index < -0.39 is 6.04 Å². The number of quaternary nitrogens is 1. The first kappa shape index (κ1) is 22.2. The topological polar surface area (TPSA) is 62.6 Å². The number of amides is 2. The second kappa shape index (κ2) is 10.0. The number of rotatable bonds is 7. The summed E-state index contributed by atoms with van der Waals surface area (Å²) >= 11 is 0. The number of carbonyl (C=O) groups excluding carboxylic acids is 2. The summed E-state index contributed by atoms with van der Waals surface area (Å²) in [5.41, 5.74) is 5.63. The maximum absolute atomic E-state index is 13.2. The van der Waals surface area contributed by atoms with E-state index in [2.05, 4.69) is 10.6 Å². The van der Waals surface area contributed by atoms with Crippen LogP contribution >= 0.6 is 0 Å². The monoisotopic (exact) mass is 416 g/mol. The molecule has 160 valence electrons. The molecule has 3 aromatic carbocycles. The molecule has 0 bridgehead atoms. The standard InChI is InChI=1S/C26H29N3O2/c1-18-11-14-22(15-12-18)27-26(31)25(21-8-6-5-7-9-21)29(4)17-24(30)28-23-16-19(2)10-13-20(23)3/h5-16,25H,17H2,1-4H3,(H,27,31)(H,28,30)/p+1/t25-/m1/s1. The summed E-state index contributed by atoms with van der Waals surface area (Å²) in [4.78, 5) is 26.8. The fourth-order valence-corrected chi connectivity index (χ4v) is 3.58. The molecule has 0 aliphatic heterocycles. The van der Waals surface area contributed by atoms with E-state index in [1.54, 1.807) is 0 Å². The molecule has 1 unspecified atom stereocenters. The van der Waals surface area contributed by atoms with Gasteiger partial charge in [0.25, 0.3) is 11.8 Å². The van der Waals surface area contributed by atoms with Gasteiger partial charge in [-0.2, -0.15) is 0 Å². The lowest BCUT2D eigenvalue weighted by molar-refractivity contribution is -0.893. The van der Waals surface area contributed by atoms with Crippen LogP contribution in [0.5, 0.6) is 0 Å². The molecule has 0 fully saturated rings. The van der Waals surface area contributed by atoms with Gasteiger partial charge in [-0.15, -0.1) is 0 Å². The number of benzene rings is 3. The van der Waals surface area contributed by atoms with Crippen LogP contribution in [0, 0.1) is 20.8 Å². The second-order valence-electron chi connectivity index (χ2n) is 8.09. The Morgan fingerprint density at radius 3 is 2.16 bits per heavy atom. The third-order valence-corrected chi connectivity index (χ3v) is 5.31. The minimum atomic E-state index is -0.521. The molecular formula is C26H30N3O2+. The molecule has 0 aromatic heterocycles. The normalized spacial score (nSPS) is 12.6. The van der Waals surface area contributed by atoms with Crippen molar-refractivity contribution >= 4 is 23.2 Å². The van der Waals surface area contributed by atoms with Crippen LogP contribution in [0.4, 0.5) is 11.4 Å². The lowest BCUT2D eigenvalue weighted by atomic mass is 10.0. The Labute approximate surface area is 184 Å². The van der Waals surface area contributed by atoms with Gasteiger partial charge in [-0.05, 0) is 50.1 Å². The van der Waals surface area contributed by atoms with E-state index in [-0.39, 0.29) is 18.4 Å². The predicted molar refractivity (Wildman–Crippen MR) is 125 cm³/mol. The van der Waals surface area contributed by atoms with E-state index in [1.165, 1.54) is 0 Å². The average molecular weight is 417 g/mol. The Morgan fingerprint density at radius 2 is 1.48 bits per heavy atom. The Kier molecular flexibility index (Phi) is 7.21. The van der Waals surface area contributed by atoms with Gasteiger partial charge in [0.2, 0.25) is 0 Å². The van der Waals surface area contributed by atoms with E-state index in [4.69, 9.17) is 0 Å². The van der Waals surface area contributed by atoms with E-state index in [0.29, 0.717) is 0 Å². The van der Waals surface area contributed by atoms with Crippen molar-refractivity contribution in [2.45, 2.75) is 26.8 Å². The lowest BCUT2D eigenvalue weighted by Crippen LogP contribution is -3.11. The molecule has 3 aromatic rings. The molecule has 0 spiro atoms. The molecule has 0 heterocycles. The zero-order chi connectivity index (χ0) is 22.4. The molecule has 5 heteroatoms. The molecule has 0 saturated heterocycles. The van der Waals surface area contributed by atoms with Gasteiger partial charge in [0.15, 0.2) is 12.6 Å². The van der Waals surface area contributed by atoms with Gasteiger partial charge in [0, 0.05) is 16.9 Å². The van der Waals surface area contributed by atoms with E-state index in [9.17, 15) is 9.59 Å². The Morgan fingerprint density at radius 1 is 0.839 bits per heavy atom. The fourth-order valence-electron chi connectivity index (χ4n) is 3.58. The van der Waals surface area contributed by atoms with E-state index >= 15 is 0 Å². The third kappa shape index (κ3) is 6.03. The highest BCUT2D eigenvalue weighted by atomic mass is 16.2. The molecular weight excluding hydrogens is 386 g/mol. The Balaban J connectivity index is 1.76. The van der Waals surface area contributed by atoms with E-state index in [1.807, 2.05) is 101 Å². The Hall–Kier alpha value is -3.44.